The summed E-state index contributed by atoms with van der Waals surface area (Å²) in [5, 5.41) is 201. The average molecular weight is 1030 g/mol. The van der Waals surface area contributed by atoms with Gasteiger partial charge in [0.1, 0.15) is 140 Å². The van der Waals surface area contributed by atoms with Crippen molar-refractivity contribution < 1.29 is 159 Å². The summed E-state index contributed by atoms with van der Waals surface area (Å²) in [5.41, 5.74) is 0. The second-order valence-corrected chi connectivity index (χ2v) is 17.4. The number of aliphatic hydroxyl groups is 19. The van der Waals surface area contributed by atoms with E-state index in [4.69, 9.17) is 61.6 Å². The molecule has 32 nitrogen and oxygen atoms in total. The van der Waals surface area contributed by atoms with Crippen LogP contribution >= 0.6 is 0 Å². The zero-order valence-corrected chi connectivity index (χ0v) is 37.3. The molecule has 29 unspecified atom stereocenters. The monoisotopic (exact) mass is 1030 g/mol. The minimum atomic E-state index is -3.28. The zero-order chi connectivity index (χ0) is 51.7. The van der Waals surface area contributed by atoms with Crippen LogP contribution in [0.2, 0.25) is 0 Å². The van der Waals surface area contributed by atoms with Gasteiger partial charge < -0.3 is 159 Å². The van der Waals surface area contributed by atoms with Gasteiger partial charge >= 0.3 is 0 Å². The highest BCUT2D eigenvalue weighted by Crippen LogP contribution is 2.37. The molecule has 19 N–H and O–H groups in total. The molecule has 6 heterocycles. The topological polar surface area (TPSA) is 504 Å². The number of aliphatic hydroxyl groups excluding tert-OH is 17. The highest BCUT2D eigenvalue weighted by atomic mass is 16.8. The molecule has 0 amide bonds. The summed E-state index contributed by atoms with van der Waals surface area (Å²) >= 11 is 0. The van der Waals surface area contributed by atoms with Crippen molar-refractivity contribution in [1.82, 2.24) is 0 Å². The van der Waals surface area contributed by atoms with E-state index in [1.807, 2.05) is 0 Å². The van der Waals surface area contributed by atoms with Crippen molar-refractivity contribution in [2.24, 2.45) is 0 Å². The molecule has 0 aromatic rings. The van der Waals surface area contributed by atoms with Crippen LogP contribution in [0.4, 0.5) is 0 Å². The van der Waals surface area contributed by atoms with Gasteiger partial charge in [0, 0.05) is 14.2 Å². The first-order chi connectivity index (χ1) is 33.1. The molecule has 6 fully saturated rings. The Morgan fingerprint density at radius 1 is 0.343 bits per heavy atom. The fourth-order valence-corrected chi connectivity index (χ4v) is 8.91. The summed E-state index contributed by atoms with van der Waals surface area (Å²) in [4.78, 5) is 0. The first-order valence-corrected chi connectivity index (χ1v) is 22.0. The lowest BCUT2D eigenvalue weighted by molar-refractivity contribution is -0.413. The summed E-state index contributed by atoms with van der Waals surface area (Å²) in [7, 11) is 2.27. The van der Waals surface area contributed by atoms with Crippen LogP contribution in [-0.2, 0) is 61.6 Å². The average Bonchev–Trinajstić information content (AvgIpc) is 3.34. The summed E-state index contributed by atoms with van der Waals surface area (Å²) in [5.74, 6) is -3.28. The molecule has 6 saturated heterocycles. The first-order valence-electron chi connectivity index (χ1n) is 22.0. The molecule has 0 bridgehead atoms. The molecular formula is C38H66O32. The molecule has 410 valence electrons. The lowest BCUT2D eigenvalue weighted by atomic mass is 9.95. The molecular weight excluding hydrogens is 968 g/mol. The van der Waals surface area contributed by atoms with Gasteiger partial charge in [0.25, 0.3) is 0 Å². The van der Waals surface area contributed by atoms with Crippen molar-refractivity contribution in [2.75, 3.05) is 53.9 Å². The number of methoxy groups -OCH3 is 2. The van der Waals surface area contributed by atoms with Crippen LogP contribution in [0.5, 0.6) is 0 Å². The maximum atomic E-state index is 11.3. The van der Waals surface area contributed by atoms with Gasteiger partial charge in [-0.05, 0) is 0 Å². The van der Waals surface area contributed by atoms with E-state index in [0.29, 0.717) is 0 Å². The molecule has 32 heteroatoms. The van der Waals surface area contributed by atoms with Crippen LogP contribution in [-0.4, -0.2) is 335 Å². The fraction of sp³-hybridized carbons (Fsp3) is 1.00. The van der Waals surface area contributed by atoms with Crippen LogP contribution in [0.25, 0.3) is 0 Å². The van der Waals surface area contributed by atoms with E-state index in [9.17, 15) is 97.0 Å². The smallest absolute Gasteiger partial charge is 0.245 e. The Morgan fingerprint density at radius 3 is 0.971 bits per heavy atom. The number of hydrogen-bond donors (Lipinski definition) is 19. The van der Waals surface area contributed by atoms with Crippen molar-refractivity contribution in [1.29, 1.82) is 0 Å². The predicted octanol–water partition coefficient (Wildman–Crippen LogP) is -13.5. The van der Waals surface area contributed by atoms with E-state index >= 15 is 0 Å². The third-order valence-corrected chi connectivity index (χ3v) is 13.0. The van der Waals surface area contributed by atoms with E-state index in [2.05, 4.69) is 0 Å². The zero-order valence-electron chi connectivity index (χ0n) is 37.3. The van der Waals surface area contributed by atoms with Gasteiger partial charge in [-0.25, -0.2) is 0 Å². The Balaban J connectivity index is 1.09. The largest absolute Gasteiger partial charge is 0.394 e. The highest BCUT2D eigenvalue weighted by molar-refractivity contribution is 5.00. The van der Waals surface area contributed by atoms with E-state index in [1.165, 1.54) is 7.11 Å². The van der Waals surface area contributed by atoms with Crippen molar-refractivity contribution in [3.8, 4) is 0 Å². The summed E-state index contributed by atoms with van der Waals surface area (Å²) in [6.45, 7) is -5.46. The summed E-state index contributed by atoms with van der Waals surface area (Å²) < 4.78 is 71.5. The Bertz CT molecular complexity index is 1580. The van der Waals surface area contributed by atoms with E-state index in [-0.39, 0.29) is 0 Å². The standard InChI is InChI=1S/C38H66O32/c1-58-26-10(4-40)61-33(22(51)16(26)45)67-27-11(5-41)62-34(23(52)18(27)47)68-28-12(6-42)63-35(24(53)19(28)48)69-29-13(7-43)64-36(25(54)20(29)49)70-30-14(65-32(59-2)21(50)17(30)46)8-60-37-38(56,57)31(55)15(44)9(3-39)66-37/h9-37,39-57H,3-8H2,1-2H3. The molecule has 0 spiro atoms. The molecule has 6 aliphatic heterocycles. The molecule has 0 aromatic heterocycles. The molecule has 6 aliphatic rings. The van der Waals surface area contributed by atoms with Gasteiger partial charge in [-0.3, -0.25) is 0 Å². The fourth-order valence-electron chi connectivity index (χ4n) is 8.91. The molecule has 70 heavy (non-hydrogen) atoms. The molecule has 0 aromatic carbocycles. The Kier molecular flexibility index (Phi) is 20.4. The normalized spacial score (nSPS) is 51.3. The maximum absolute atomic E-state index is 11.3. The van der Waals surface area contributed by atoms with Crippen LogP contribution in [0, 0.1) is 0 Å². The van der Waals surface area contributed by atoms with Gasteiger partial charge in [-0.1, -0.05) is 0 Å². The number of hydrogen-bond acceptors (Lipinski definition) is 32. The molecule has 0 aliphatic carbocycles. The second kappa shape index (κ2) is 24.6. The molecule has 6 rings (SSSR count). The number of ether oxygens (including phenoxy) is 13. The van der Waals surface area contributed by atoms with Gasteiger partial charge in [-0.2, -0.15) is 0 Å². The molecule has 0 saturated carbocycles. The van der Waals surface area contributed by atoms with Crippen LogP contribution in [0.1, 0.15) is 0 Å². The summed E-state index contributed by atoms with van der Waals surface area (Å²) in [6.07, 6.45) is -53.9. The third-order valence-electron chi connectivity index (χ3n) is 13.0. The highest BCUT2D eigenvalue weighted by Gasteiger charge is 2.58. The van der Waals surface area contributed by atoms with E-state index < -0.39 is 224 Å². The molecule has 29 atom stereocenters. The van der Waals surface area contributed by atoms with Gasteiger partial charge in [0.05, 0.1) is 39.6 Å². The predicted molar refractivity (Wildman–Crippen MR) is 210 cm³/mol. The van der Waals surface area contributed by atoms with Crippen LogP contribution in [0.3, 0.4) is 0 Å². The van der Waals surface area contributed by atoms with Crippen LogP contribution < -0.4 is 0 Å². The third kappa shape index (κ3) is 11.6. The quantitative estimate of drug-likeness (QED) is 0.0567. The van der Waals surface area contributed by atoms with Gasteiger partial charge in [-0.15, -0.1) is 0 Å². The maximum Gasteiger partial charge on any atom is 0.245 e. The Morgan fingerprint density at radius 2 is 0.643 bits per heavy atom. The SMILES string of the molecule is COC1OC(COC2OC(CO)C(O)C(O)C2(O)O)C(OC2OC(CO)C(OC3OC(CO)C(OC4OC(CO)C(OC5OC(CO)C(OC)C(O)C5O)C(O)C4O)C(O)C3O)C(O)C2O)C(O)C1O. The minimum absolute atomic E-state index is 0.697. The van der Waals surface area contributed by atoms with E-state index in [1.54, 1.807) is 0 Å². The van der Waals surface area contributed by atoms with Crippen molar-refractivity contribution in [2.45, 2.75) is 184 Å². The van der Waals surface area contributed by atoms with E-state index in [0.717, 1.165) is 7.11 Å². The second-order valence-electron chi connectivity index (χ2n) is 17.4. The first kappa shape index (κ1) is 58.0. The number of rotatable bonds is 18. The Hall–Kier alpha value is -1.28. The minimum Gasteiger partial charge on any atom is -0.394 e. The Labute approximate surface area is 396 Å². The molecule has 0 radical (unpaired) electrons. The van der Waals surface area contributed by atoms with Gasteiger partial charge in [0.2, 0.25) is 12.1 Å². The van der Waals surface area contributed by atoms with Crippen molar-refractivity contribution in [3.05, 3.63) is 0 Å². The van der Waals surface area contributed by atoms with Crippen molar-refractivity contribution in [3.63, 3.8) is 0 Å². The van der Waals surface area contributed by atoms with Gasteiger partial charge in [0.15, 0.2) is 31.5 Å². The lowest BCUT2D eigenvalue weighted by Crippen LogP contribution is -2.68. The van der Waals surface area contributed by atoms with Crippen molar-refractivity contribution >= 4 is 0 Å². The summed E-state index contributed by atoms with van der Waals surface area (Å²) in [6, 6.07) is 0. The lowest BCUT2D eigenvalue weighted by Gasteiger charge is -2.49. The van der Waals surface area contributed by atoms with Crippen LogP contribution in [0.15, 0.2) is 0 Å².